The second-order valence-electron chi connectivity index (χ2n) is 7.46. The molecule has 1 N–H and O–H groups in total. The molecule has 1 fully saturated rings. The molecule has 1 heterocycles. The highest BCUT2D eigenvalue weighted by molar-refractivity contribution is 5.94. The van der Waals surface area contributed by atoms with Crippen LogP contribution >= 0.6 is 0 Å². The van der Waals surface area contributed by atoms with Gasteiger partial charge in [0.05, 0.1) is 6.42 Å². The van der Waals surface area contributed by atoms with E-state index >= 15 is 0 Å². The number of ether oxygens (including phenoxy) is 1. The number of esters is 1. The van der Waals surface area contributed by atoms with Crippen LogP contribution in [0.5, 0.6) is 5.75 Å². The van der Waals surface area contributed by atoms with E-state index in [1.807, 2.05) is 0 Å². The molecule has 0 radical (unpaired) electrons. The summed E-state index contributed by atoms with van der Waals surface area (Å²) in [5, 5.41) is 2.93. The van der Waals surface area contributed by atoms with Gasteiger partial charge in [-0.3, -0.25) is 14.4 Å². The Morgan fingerprint density at radius 1 is 1.10 bits per heavy atom. The number of benzene rings is 2. The molecular weight excluding hydrogens is 387 g/mol. The first kappa shape index (κ1) is 21.5. The maximum atomic E-state index is 12.9. The maximum Gasteiger partial charge on any atom is 0.308 e. The molecule has 1 saturated heterocycles. The number of hydrogen-bond acceptors (Lipinski definition) is 4. The molecule has 158 valence electrons. The third kappa shape index (κ3) is 6.14. The van der Waals surface area contributed by atoms with Gasteiger partial charge in [-0.2, -0.15) is 0 Å². The molecule has 0 bridgehead atoms. The summed E-state index contributed by atoms with van der Waals surface area (Å²) in [6.45, 7) is 3.09. The Morgan fingerprint density at radius 2 is 1.80 bits per heavy atom. The topological polar surface area (TPSA) is 75.7 Å². The van der Waals surface area contributed by atoms with Crippen LogP contribution in [-0.2, 0) is 16.0 Å². The van der Waals surface area contributed by atoms with Crippen LogP contribution in [0.4, 0.5) is 4.39 Å². The summed E-state index contributed by atoms with van der Waals surface area (Å²) < 4.78 is 18.0. The average molecular weight is 412 g/mol. The van der Waals surface area contributed by atoms with E-state index in [0.717, 1.165) is 18.4 Å². The van der Waals surface area contributed by atoms with E-state index in [0.29, 0.717) is 36.9 Å². The summed E-state index contributed by atoms with van der Waals surface area (Å²) in [6.07, 6.45) is 1.81. The first-order valence-corrected chi connectivity index (χ1v) is 9.99. The van der Waals surface area contributed by atoms with Crippen LogP contribution in [0.3, 0.4) is 0 Å². The number of nitrogens with one attached hydrogen (secondary N) is 1. The summed E-state index contributed by atoms with van der Waals surface area (Å²) in [5.41, 5.74) is 1.25. The smallest absolute Gasteiger partial charge is 0.308 e. The highest BCUT2D eigenvalue weighted by Gasteiger charge is 2.24. The third-order valence-corrected chi connectivity index (χ3v) is 5.11. The Morgan fingerprint density at radius 3 is 2.47 bits per heavy atom. The second-order valence-corrected chi connectivity index (χ2v) is 7.46. The maximum absolute atomic E-state index is 12.9. The van der Waals surface area contributed by atoms with Crippen molar-refractivity contribution in [3.05, 3.63) is 65.5 Å². The van der Waals surface area contributed by atoms with Gasteiger partial charge in [0.25, 0.3) is 5.91 Å². The molecule has 2 amide bonds. The monoisotopic (exact) mass is 412 g/mol. The largest absolute Gasteiger partial charge is 0.427 e. The van der Waals surface area contributed by atoms with Crippen LogP contribution < -0.4 is 10.1 Å². The zero-order chi connectivity index (χ0) is 21.5. The van der Waals surface area contributed by atoms with Gasteiger partial charge in [0.2, 0.25) is 5.91 Å². The number of carbonyl (C=O) groups excluding carboxylic acids is 3. The Balaban J connectivity index is 1.44. The summed E-state index contributed by atoms with van der Waals surface area (Å²) in [7, 11) is 0. The van der Waals surface area contributed by atoms with Gasteiger partial charge >= 0.3 is 5.97 Å². The summed E-state index contributed by atoms with van der Waals surface area (Å²) in [5.74, 6) is -0.281. The number of amides is 2. The Labute approximate surface area is 175 Å². The van der Waals surface area contributed by atoms with Crippen LogP contribution in [0.25, 0.3) is 0 Å². The van der Waals surface area contributed by atoms with Crippen molar-refractivity contribution in [2.24, 2.45) is 5.92 Å². The zero-order valence-electron chi connectivity index (χ0n) is 16.9. The van der Waals surface area contributed by atoms with E-state index in [1.54, 1.807) is 41.3 Å². The van der Waals surface area contributed by atoms with Gasteiger partial charge in [-0.1, -0.05) is 18.2 Å². The van der Waals surface area contributed by atoms with Crippen molar-refractivity contribution in [1.29, 1.82) is 0 Å². The lowest BCUT2D eigenvalue weighted by Gasteiger charge is -2.32. The van der Waals surface area contributed by atoms with Crippen molar-refractivity contribution in [3.63, 3.8) is 0 Å². The average Bonchev–Trinajstić information content (AvgIpc) is 2.73. The molecule has 0 atom stereocenters. The summed E-state index contributed by atoms with van der Waals surface area (Å²) in [6, 6.07) is 12.5. The molecule has 0 aliphatic carbocycles. The number of halogens is 1. The molecule has 7 heteroatoms. The van der Waals surface area contributed by atoms with Gasteiger partial charge in [0.1, 0.15) is 11.6 Å². The van der Waals surface area contributed by atoms with Gasteiger partial charge in [-0.05, 0) is 54.7 Å². The van der Waals surface area contributed by atoms with Crippen molar-refractivity contribution in [3.8, 4) is 5.75 Å². The van der Waals surface area contributed by atoms with Crippen molar-refractivity contribution >= 4 is 17.8 Å². The number of hydrogen-bond donors (Lipinski definition) is 1. The van der Waals surface area contributed by atoms with Gasteiger partial charge in [0, 0.05) is 32.1 Å². The first-order valence-electron chi connectivity index (χ1n) is 9.99. The lowest BCUT2D eigenvalue weighted by molar-refractivity contribution is -0.131. The lowest BCUT2D eigenvalue weighted by Crippen LogP contribution is -2.41. The number of nitrogens with zero attached hydrogens (tertiary/aromatic N) is 1. The molecule has 2 aromatic carbocycles. The van der Waals surface area contributed by atoms with Crippen LogP contribution in [0.15, 0.2) is 48.5 Å². The molecule has 1 aliphatic heterocycles. The quantitative estimate of drug-likeness (QED) is 0.585. The van der Waals surface area contributed by atoms with Gasteiger partial charge < -0.3 is 15.0 Å². The fourth-order valence-electron chi connectivity index (χ4n) is 3.49. The van der Waals surface area contributed by atoms with E-state index in [2.05, 4.69) is 5.32 Å². The molecule has 0 saturated carbocycles. The number of rotatable bonds is 6. The highest BCUT2D eigenvalue weighted by Crippen LogP contribution is 2.21. The van der Waals surface area contributed by atoms with Crippen molar-refractivity contribution in [2.45, 2.75) is 26.2 Å². The zero-order valence-corrected chi connectivity index (χ0v) is 16.9. The third-order valence-electron chi connectivity index (χ3n) is 5.11. The lowest BCUT2D eigenvalue weighted by atomic mass is 9.96. The van der Waals surface area contributed by atoms with Crippen molar-refractivity contribution in [2.75, 3.05) is 19.6 Å². The molecule has 0 spiro atoms. The minimum absolute atomic E-state index is 0.0946. The molecule has 2 aromatic rings. The molecule has 0 aromatic heterocycles. The highest BCUT2D eigenvalue weighted by atomic mass is 19.1. The fourth-order valence-corrected chi connectivity index (χ4v) is 3.49. The fraction of sp³-hybridized carbons (Fsp3) is 0.348. The van der Waals surface area contributed by atoms with Crippen molar-refractivity contribution in [1.82, 2.24) is 10.2 Å². The van der Waals surface area contributed by atoms with E-state index < -0.39 is 5.97 Å². The van der Waals surface area contributed by atoms with Crippen molar-refractivity contribution < 1.29 is 23.5 Å². The van der Waals surface area contributed by atoms with E-state index in [4.69, 9.17) is 4.74 Å². The van der Waals surface area contributed by atoms with Crippen LogP contribution in [0.1, 0.15) is 35.7 Å². The van der Waals surface area contributed by atoms with Crippen LogP contribution in [0.2, 0.25) is 0 Å². The van der Waals surface area contributed by atoms with E-state index in [-0.39, 0.29) is 24.1 Å². The summed E-state index contributed by atoms with van der Waals surface area (Å²) in [4.78, 5) is 37.7. The Kier molecular flexibility index (Phi) is 7.17. The molecular formula is C23H25FN2O4. The molecule has 30 heavy (non-hydrogen) atoms. The van der Waals surface area contributed by atoms with Gasteiger partial charge in [-0.15, -0.1) is 0 Å². The second kappa shape index (κ2) is 10.0. The van der Waals surface area contributed by atoms with Crippen LogP contribution in [0, 0.1) is 11.7 Å². The predicted molar refractivity (Wildman–Crippen MR) is 109 cm³/mol. The summed E-state index contributed by atoms with van der Waals surface area (Å²) >= 11 is 0. The van der Waals surface area contributed by atoms with Gasteiger partial charge in [0.15, 0.2) is 0 Å². The minimum Gasteiger partial charge on any atom is -0.427 e. The van der Waals surface area contributed by atoms with E-state index in [9.17, 15) is 18.8 Å². The molecule has 6 nitrogen and oxygen atoms in total. The minimum atomic E-state index is -0.429. The van der Waals surface area contributed by atoms with Crippen LogP contribution in [-0.4, -0.2) is 42.3 Å². The number of piperidine rings is 1. The predicted octanol–water partition coefficient (Wildman–Crippen LogP) is 2.96. The molecule has 3 rings (SSSR count). The standard InChI is InChI=1S/C23H25FN2O4/c1-16(27)30-21-4-2-3-19(14-21)23(29)26-11-9-18(10-12-26)15-25-22(28)13-17-5-7-20(24)8-6-17/h2-8,14,18H,9-13,15H2,1H3,(H,25,28). The SMILES string of the molecule is CC(=O)Oc1cccc(C(=O)N2CCC(CNC(=O)Cc3ccc(F)cc3)CC2)c1. The van der Waals surface area contributed by atoms with Gasteiger partial charge in [-0.25, -0.2) is 4.39 Å². The molecule has 0 unspecified atom stereocenters. The Bertz CT molecular complexity index is 906. The van der Waals surface area contributed by atoms with E-state index in [1.165, 1.54) is 19.1 Å². The molecule has 1 aliphatic rings. The number of carbonyl (C=O) groups is 3. The normalized spacial score (nSPS) is 14.3. The first-order chi connectivity index (χ1) is 14.4. The Hall–Kier alpha value is -3.22. The number of likely N-dealkylation sites (tertiary alicyclic amines) is 1.